The molecule has 64 valence electrons. The van der Waals surface area contributed by atoms with Crippen LogP contribution in [0.25, 0.3) is 16.7 Å². The Morgan fingerprint density at radius 3 is 3.08 bits per heavy atom. The first-order chi connectivity index (χ1) is 6.36. The highest BCUT2D eigenvalue weighted by molar-refractivity contribution is 5.75. The molecule has 13 heavy (non-hydrogen) atoms. The molecule has 3 aromatic heterocycles. The molecule has 0 spiro atoms. The van der Waals surface area contributed by atoms with Crippen LogP contribution in [0.15, 0.2) is 24.7 Å². The lowest BCUT2D eigenvalue weighted by atomic mass is 10.4. The molecule has 3 heterocycles. The van der Waals surface area contributed by atoms with Crippen molar-refractivity contribution >= 4 is 16.7 Å². The minimum atomic E-state index is 0.897. The first-order valence-corrected chi connectivity index (χ1v) is 4.12. The smallest absolute Gasteiger partial charge is 0.154 e. The molecule has 4 nitrogen and oxygen atoms in total. The van der Waals surface area contributed by atoms with E-state index in [2.05, 4.69) is 19.4 Å². The molecular formula is C9H8N4. The van der Waals surface area contributed by atoms with Crippen LogP contribution in [-0.4, -0.2) is 19.4 Å². The van der Waals surface area contributed by atoms with E-state index < -0.39 is 0 Å². The van der Waals surface area contributed by atoms with E-state index >= 15 is 0 Å². The first kappa shape index (κ1) is 6.65. The maximum Gasteiger partial charge on any atom is 0.154 e. The number of aromatic nitrogens is 4. The zero-order chi connectivity index (χ0) is 8.84. The van der Waals surface area contributed by atoms with Gasteiger partial charge in [0.25, 0.3) is 0 Å². The second-order valence-electron chi connectivity index (χ2n) is 3.04. The van der Waals surface area contributed by atoms with Crippen LogP contribution >= 0.6 is 0 Å². The normalized spacial score (nSPS) is 11.5. The summed E-state index contributed by atoms with van der Waals surface area (Å²) in [5.41, 5.74) is 3.01. The Kier molecular flexibility index (Phi) is 1.07. The van der Waals surface area contributed by atoms with Gasteiger partial charge in [-0.2, -0.15) is 0 Å². The van der Waals surface area contributed by atoms with E-state index in [4.69, 9.17) is 0 Å². The van der Waals surface area contributed by atoms with Crippen molar-refractivity contribution in [1.82, 2.24) is 19.4 Å². The van der Waals surface area contributed by atoms with E-state index in [1.165, 1.54) is 0 Å². The van der Waals surface area contributed by atoms with E-state index in [1.54, 1.807) is 0 Å². The zero-order valence-electron chi connectivity index (χ0n) is 7.15. The lowest BCUT2D eigenvalue weighted by molar-refractivity contribution is 1.07. The van der Waals surface area contributed by atoms with Crippen LogP contribution in [0.4, 0.5) is 0 Å². The van der Waals surface area contributed by atoms with E-state index in [9.17, 15) is 0 Å². The van der Waals surface area contributed by atoms with Gasteiger partial charge in [0.1, 0.15) is 5.82 Å². The molecule has 0 amide bonds. The summed E-state index contributed by atoms with van der Waals surface area (Å²) in [7, 11) is 0. The van der Waals surface area contributed by atoms with E-state index in [-0.39, 0.29) is 0 Å². The van der Waals surface area contributed by atoms with Gasteiger partial charge in [0.05, 0.1) is 23.4 Å². The summed E-state index contributed by atoms with van der Waals surface area (Å²) in [4.78, 5) is 11.6. The minimum Gasteiger partial charge on any atom is -0.345 e. The average molecular weight is 172 g/mol. The second-order valence-corrected chi connectivity index (χ2v) is 3.04. The fourth-order valence-electron chi connectivity index (χ4n) is 1.63. The SMILES string of the molecule is Cc1ncc2cnc3[nH]ccc3n12. The molecule has 3 rings (SSSR count). The van der Waals surface area contributed by atoms with Crippen molar-refractivity contribution in [3.05, 3.63) is 30.5 Å². The fraction of sp³-hybridized carbons (Fsp3) is 0.111. The number of hydrogen-bond donors (Lipinski definition) is 1. The molecule has 3 aromatic rings. The van der Waals surface area contributed by atoms with Crippen molar-refractivity contribution in [3.8, 4) is 0 Å². The van der Waals surface area contributed by atoms with Crippen LogP contribution in [0.5, 0.6) is 0 Å². The molecule has 4 heteroatoms. The van der Waals surface area contributed by atoms with Gasteiger partial charge in [-0.15, -0.1) is 0 Å². The number of hydrogen-bond acceptors (Lipinski definition) is 2. The van der Waals surface area contributed by atoms with Crippen molar-refractivity contribution < 1.29 is 0 Å². The standard InChI is InChI=1S/C9H8N4/c1-6-11-4-7-5-12-9-8(13(6)7)2-3-10-9/h2-5,10H,1H3. The lowest BCUT2D eigenvalue weighted by Crippen LogP contribution is -1.90. The number of imidazole rings is 1. The maximum atomic E-state index is 4.27. The quantitative estimate of drug-likeness (QED) is 0.558. The van der Waals surface area contributed by atoms with Crippen LogP contribution in [0.3, 0.4) is 0 Å². The number of rotatable bonds is 0. The second kappa shape index (κ2) is 2.10. The Bertz CT molecular complexity index is 575. The summed E-state index contributed by atoms with van der Waals surface area (Å²) < 4.78 is 2.08. The molecule has 0 fully saturated rings. The van der Waals surface area contributed by atoms with E-state index in [1.807, 2.05) is 31.6 Å². The molecule has 0 aromatic carbocycles. The number of fused-ring (bicyclic) bond motifs is 3. The third-order valence-corrected chi connectivity index (χ3v) is 2.24. The van der Waals surface area contributed by atoms with Crippen LogP contribution < -0.4 is 0 Å². The fourth-order valence-corrected chi connectivity index (χ4v) is 1.63. The van der Waals surface area contributed by atoms with Gasteiger partial charge < -0.3 is 4.98 Å². The number of nitrogens with zero attached hydrogens (tertiary/aromatic N) is 3. The van der Waals surface area contributed by atoms with Gasteiger partial charge in [-0.05, 0) is 13.0 Å². The summed E-state index contributed by atoms with van der Waals surface area (Å²) in [6.45, 7) is 1.99. The topological polar surface area (TPSA) is 46.0 Å². The molecule has 0 saturated carbocycles. The predicted molar refractivity (Wildman–Crippen MR) is 49.6 cm³/mol. The number of H-pyrrole nitrogens is 1. The van der Waals surface area contributed by atoms with Gasteiger partial charge in [0, 0.05) is 6.20 Å². The molecule has 0 saturated heterocycles. The molecule has 0 atom stereocenters. The highest BCUT2D eigenvalue weighted by Gasteiger charge is 2.04. The largest absolute Gasteiger partial charge is 0.345 e. The van der Waals surface area contributed by atoms with Crippen molar-refractivity contribution in [2.24, 2.45) is 0 Å². The minimum absolute atomic E-state index is 0.897. The molecule has 0 bridgehead atoms. The molecular weight excluding hydrogens is 164 g/mol. The van der Waals surface area contributed by atoms with Crippen LogP contribution in [0, 0.1) is 6.92 Å². The Morgan fingerprint density at radius 2 is 2.15 bits per heavy atom. The van der Waals surface area contributed by atoms with Crippen LogP contribution in [0.1, 0.15) is 5.82 Å². The molecule has 0 aliphatic heterocycles. The summed E-state index contributed by atoms with van der Waals surface area (Å²) in [5.74, 6) is 0.988. The van der Waals surface area contributed by atoms with Gasteiger partial charge in [0.15, 0.2) is 5.65 Å². The predicted octanol–water partition coefficient (Wildman–Crippen LogP) is 1.52. The van der Waals surface area contributed by atoms with Crippen molar-refractivity contribution in [1.29, 1.82) is 0 Å². The van der Waals surface area contributed by atoms with Gasteiger partial charge in [-0.3, -0.25) is 4.40 Å². The Balaban J connectivity index is 2.70. The third-order valence-electron chi connectivity index (χ3n) is 2.24. The highest BCUT2D eigenvalue weighted by atomic mass is 15.1. The number of aromatic amines is 1. The summed E-state index contributed by atoms with van der Waals surface area (Å²) in [6.07, 6.45) is 5.53. The van der Waals surface area contributed by atoms with Gasteiger partial charge in [-0.1, -0.05) is 0 Å². The van der Waals surface area contributed by atoms with Crippen molar-refractivity contribution in [3.63, 3.8) is 0 Å². The molecule has 0 aliphatic carbocycles. The summed E-state index contributed by atoms with van der Waals surface area (Å²) >= 11 is 0. The Morgan fingerprint density at radius 1 is 1.31 bits per heavy atom. The molecule has 0 aliphatic rings. The van der Waals surface area contributed by atoms with E-state index in [0.29, 0.717) is 0 Å². The highest BCUT2D eigenvalue weighted by Crippen LogP contribution is 2.14. The third kappa shape index (κ3) is 0.744. The number of aryl methyl sites for hydroxylation is 1. The van der Waals surface area contributed by atoms with Crippen LogP contribution in [-0.2, 0) is 0 Å². The summed E-state index contributed by atoms with van der Waals surface area (Å²) in [5, 5.41) is 0. The zero-order valence-corrected chi connectivity index (χ0v) is 7.15. The monoisotopic (exact) mass is 172 g/mol. The van der Waals surface area contributed by atoms with Crippen molar-refractivity contribution in [2.45, 2.75) is 6.92 Å². The van der Waals surface area contributed by atoms with Crippen molar-refractivity contribution in [2.75, 3.05) is 0 Å². The first-order valence-electron chi connectivity index (χ1n) is 4.12. The van der Waals surface area contributed by atoms with E-state index in [0.717, 1.165) is 22.5 Å². The Hall–Kier alpha value is -1.84. The maximum absolute atomic E-state index is 4.27. The molecule has 0 radical (unpaired) electrons. The van der Waals surface area contributed by atoms with Gasteiger partial charge >= 0.3 is 0 Å². The number of nitrogens with one attached hydrogen (secondary N) is 1. The average Bonchev–Trinajstić information content (AvgIpc) is 2.70. The molecule has 0 unspecified atom stereocenters. The lowest BCUT2D eigenvalue weighted by Gasteiger charge is -1.97. The van der Waals surface area contributed by atoms with Crippen LogP contribution in [0.2, 0.25) is 0 Å². The van der Waals surface area contributed by atoms with Gasteiger partial charge in [-0.25, -0.2) is 9.97 Å². The van der Waals surface area contributed by atoms with Gasteiger partial charge in [0.2, 0.25) is 0 Å². The molecule has 1 N–H and O–H groups in total. The Labute approximate surface area is 74.2 Å². The summed E-state index contributed by atoms with van der Waals surface area (Å²) in [6, 6.07) is 2.00.